The first-order valence-electron chi connectivity index (χ1n) is 6.35. The molecule has 1 atom stereocenters. The number of anilines is 1. The van der Waals surface area contributed by atoms with Crippen molar-refractivity contribution in [1.29, 1.82) is 5.26 Å². The van der Waals surface area contributed by atoms with Crippen molar-refractivity contribution in [3.63, 3.8) is 0 Å². The first-order chi connectivity index (χ1) is 9.63. The number of rotatable bonds is 4. The van der Waals surface area contributed by atoms with E-state index in [9.17, 15) is 0 Å². The number of nitrogens with one attached hydrogen (secondary N) is 1. The summed E-state index contributed by atoms with van der Waals surface area (Å²) in [7, 11) is 0. The van der Waals surface area contributed by atoms with E-state index in [2.05, 4.69) is 62.3 Å². The van der Waals surface area contributed by atoms with Crippen LogP contribution in [0.3, 0.4) is 0 Å². The maximum Gasteiger partial charge on any atom is 0.0992 e. The first kappa shape index (κ1) is 15.1. The van der Waals surface area contributed by atoms with Gasteiger partial charge in [-0.05, 0) is 58.2 Å². The summed E-state index contributed by atoms with van der Waals surface area (Å²) in [5.41, 5.74) is 2.89. The molecule has 2 rings (SSSR count). The van der Waals surface area contributed by atoms with Crippen LogP contribution in [0.5, 0.6) is 0 Å². The van der Waals surface area contributed by atoms with Crippen LogP contribution >= 0.6 is 31.9 Å². The molecule has 0 spiro atoms. The fourth-order valence-corrected chi connectivity index (χ4v) is 2.76. The van der Waals surface area contributed by atoms with Gasteiger partial charge >= 0.3 is 0 Å². The SMILES string of the molecule is CCC(Nc1ccc(C#N)cc1Br)c1ccc(Br)cc1. The molecule has 2 aromatic carbocycles. The monoisotopic (exact) mass is 392 g/mol. The largest absolute Gasteiger partial charge is 0.377 e. The van der Waals surface area contributed by atoms with Gasteiger partial charge in [-0.25, -0.2) is 0 Å². The van der Waals surface area contributed by atoms with E-state index in [4.69, 9.17) is 5.26 Å². The molecular weight excluding hydrogens is 380 g/mol. The summed E-state index contributed by atoms with van der Waals surface area (Å²) < 4.78 is 1.99. The van der Waals surface area contributed by atoms with Gasteiger partial charge in [-0.1, -0.05) is 35.0 Å². The highest BCUT2D eigenvalue weighted by molar-refractivity contribution is 9.10. The third-order valence-electron chi connectivity index (χ3n) is 3.11. The molecule has 0 saturated carbocycles. The zero-order valence-corrected chi connectivity index (χ0v) is 14.2. The van der Waals surface area contributed by atoms with Crippen LogP contribution in [-0.2, 0) is 0 Å². The molecule has 1 unspecified atom stereocenters. The van der Waals surface area contributed by atoms with Gasteiger partial charge < -0.3 is 5.32 Å². The van der Waals surface area contributed by atoms with Gasteiger partial charge in [0.15, 0.2) is 0 Å². The number of nitrogens with zero attached hydrogens (tertiary/aromatic N) is 1. The number of benzene rings is 2. The third-order valence-corrected chi connectivity index (χ3v) is 4.29. The van der Waals surface area contributed by atoms with Crippen LogP contribution in [0.15, 0.2) is 51.4 Å². The summed E-state index contributed by atoms with van der Waals surface area (Å²) in [6, 6.07) is 16.3. The summed E-state index contributed by atoms with van der Waals surface area (Å²) in [5.74, 6) is 0. The molecule has 20 heavy (non-hydrogen) atoms. The van der Waals surface area contributed by atoms with Crippen LogP contribution in [0.1, 0.15) is 30.5 Å². The van der Waals surface area contributed by atoms with Crippen molar-refractivity contribution < 1.29 is 0 Å². The summed E-state index contributed by atoms with van der Waals surface area (Å²) in [5, 5.41) is 12.4. The summed E-state index contributed by atoms with van der Waals surface area (Å²) in [4.78, 5) is 0. The number of hydrogen-bond donors (Lipinski definition) is 1. The number of hydrogen-bond acceptors (Lipinski definition) is 2. The molecule has 4 heteroatoms. The second kappa shape index (κ2) is 6.92. The van der Waals surface area contributed by atoms with Gasteiger partial charge in [-0.15, -0.1) is 0 Å². The lowest BCUT2D eigenvalue weighted by molar-refractivity contribution is 0.748. The second-order valence-corrected chi connectivity index (χ2v) is 6.23. The Morgan fingerprint density at radius 3 is 2.40 bits per heavy atom. The van der Waals surface area contributed by atoms with E-state index in [-0.39, 0.29) is 6.04 Å². The highest BCUT2D eigenvalue weighted by Crippen LogP contribution is 2.29. The van der Waals surface area contributed by atoms with E-state index in [1.807, 2.05) is 30.3 Å². The molecule has 2 aromatic rings. The number of nitriles is 1. The van der Waals surface area contributed by atoms with Crippen molar-refractivity contribution in [2.75, 3.05) is 5.32 Å². The Balaban J connectivity index is 2.22. The van der Waals surface area contributed by atoms with Crippen LogP contribution in [-0.4, -0.2) is 0 Å². The molecule has 0 fully saturated rings. The summed E-state index contributed by atoms with van der Waals surface area (Å²) >= 11 is 6.96. The van der Waals surface area contributed by atoms with Crippen LogP contribution < -0.4 is 5.32 Å². The van der Waals surface area contributed by atoms with Crippen LogP contribution in [0.2, 0.25) is 0 Å². The third kappa shape index (κ3) is 3.62. The van der Waals surface area contributed by atoms with Crippen molar-refractivity contribution in [1.82, 2.24) is 0 Å². The van der Waals surface area contributed by atoms with Gasteiger partial charge in [-0.2, -0.15) is 5.26 Å². The van der Waals surface area contributed by atoms with Crippen molar-refractivity contribution in [3.8, 4) is 6.07 Å². The Labute approximate surface area is 136 Å². The molecule has 0 aliphatic rings. The summed E-state index contributed by atoms with van der Waals surface area (Å²) in [6.45, 7) is 2.15. The zero-order chi connectivity index (χ0) is 14.5. The van der Waals surface area contributed by atoms with Gasteiger partial charge in [0.05, 0.1) is 17.7 Å². The van der Waals surface area contributed by atoms with Crippen LogP contribution in [0, 0.1) is 11.3 Å². The molecule has 0 radical (unpaired) electrons. The predicted molar refractivity (Wildman–Crippen MR) is 89.7 cm³/mol. The molecule has 0 aliphatic heterocycles. The average Bonchev–Trinajstić information content (AvgIpc) is 2.47. The fourth-order valence-electron chi connectivity index (χ4n) is 2.01. The van der Waals surface area contributed by atoms with Crippen LogP contribution in [0.25, 0.3) is 0 Å². The molecule has 102 valence electrons. The minimum absolute atomic E-state index is 0.243. The molecular formula is C16H14Br2N2. The zero-order valence-electron chi connectivity index (χ0n) is 11.0. The van der Waals surface area contributed by atoms with E-state index in [0.717, 1.165) is 21.1 Å². The highest BCUT2D eigenvalue weighted by Gasteiger charge is 2.11. The second-order valence-electron chi connectivity index (χ2n) is 4.46. The van der Waals surface area contributed by atoms with Crippen LogP contribution in [0.4, 0.5) is 5.69 Å². The molecule has 0 heterocycles. The standard InChI is InChI=1S/C16H14Br2N2/c1-2-15(12-4-6-13(17)7-5-12)20-16-8-3-11(10-19)9-14(16)18/h3-9,15,20H,2H2,1H3. The van der Waals surface area contributed by atoms with E-state index in [0.29, 0.717) is 5.56 Å². The highest BCUT2D eigenvalue weighted by atomic mass is 79.9. The molecule has 0 aromatic heterocycles. The smallest absolute Gasteiger partial charge is 0.0992 e. The van der Waals surface area contributed by atoms with Gasteiger partial charge in [0.2, 0.25) is 0 Å². The normalized spacial score (nSPS) is 11.7. The van der Waals surface area contributed by atoms with Crippen molar-refractivity contribution in [2.24, 2.45) is 0 Å². The minimum Gasteiger partial charge on any atom is -0.377 e. The maximum absolute atomic E-state index is 8.89. The lowest BCUT2D eigenvalue weighted by Gasteiger charge is -2.20. The molecule has 0 amide bonds. The molecule has 0 aliphatic carbocycles. The topological polar surface area (TPSA) is 35.8 Å². The van der Waals surface area contributed by atoms with Crippen molar-refractivity contribution >= 4 is 37.5 Å². The first-order valence-corrected chi connectivity index (χ1v) is 7.94. The lowest BCUT2D eigenvalue weighted by Crippen LogP contribution is -2.10. The van der Waals surface area contributed by atoms with E-state index in [1.165, 1.54) is 5.56 Å². The van der Waals surface area contributed by atoms with E-state index >= 15 is 0 Å². The Hall–Kier alpha value is -1.31. The van der Waals surface area contributed by atoms with Gasteiger partial charge in [0.25, 0.3) is 0 Å². The van der Waals surface area contributed by atoms with Gasteiger partial charge in [-0.3, -0.25) is 0 Å². The Morgan fingerprint density at radius 1 is 1.15 bits per heavy atom. The van der Waals surface area contributed by atoms with Gasteiger partial charge in [0, 0.05) is 14.6 Å². The lowest BCUT2D eigenvalue weighted by atomic mass is 10.0. The maximum atomic E-state index is 8.89. The number of halogens is 2. The molecule has 0 bridgehead atoms. The summed E-state index contributed by atoms with van der Waals surface area (Å²) in [6.07, 6.45) is 0.980. The van der Waals surface area contributed by atoms with Crippen molar-refractivity contribution in [3.05, 3.63) is 62.5 Å². The fraction of sp³-hybridized carbons (Fsp3) is 0.188. The predicted octanol–water partition coefficient (Wildman–Crippen LogP) is 5.65. The van der Waals surface area contributed by atoms with Gasteiger partial charge in [0.1, 0.15) is 0 Å². The molecule has 0 saturated heterocycles. The molecule has 1 N–H and O–H groups in total. The quantitative estimate of drug-likeness (QED) is 0.728. The Kier molecular flexibility index (Phi) is 5.22. The Morgan fingerprint density at radius 2 is 1.85 bits per heavy atom. The van der Waals surface area contributed by atoms with Crippen molar-refractivity contribution in [2.45, 2.75) is 19.4 Å². The van der Waals surface area contributed by atoms with E-state index in [1.54, 1.807) is 0 Å². The average molecular weight is 394 g/mol. The molecule has 2 nitrogen and oxygen atoms in total. The minimum atomic E-state index is 0.243. The van der Waals surface area contributed by atoms with E-state index < -0.39 is 0 Å². The Bertz CT molecular complexity index is 630.